The first-order chi connectivity index (χ1) is 0. The number of halogens is 23. The molecule has 0 heterocycles. The van der Waals surface area contributed by atoms with Gasteiger partial charge in [-0.2, -0.15) is 0 Å². The molecule has 0 saturated heterocycles. The Morgan fingerprint density at radius 2 is 0.0833 bits per heavy atom. The predicted molar refractivity (Wildman–Crippen MR) is 172 cm³/mol. The summed E-state index contributed by atoms with van der Waals surface area (Å²) in [4.78, 5) is 0. The smallest absolute Gasteiger partial charge is 0.147 e. The van der Waals surface area contributed by atoms with Gasteiger partial charge in [-0.15, -0.1) is 285 Å². The maximum absolute atomic E-state index is 0. The summed E-state index contributed by atoms with van der Waals surface area (Å²) in [5.74, 6) is 0. The van der Waals surface area contributed by atoms with Gasteiger partial charge in [-0.25, -0.2) is 0 Å². The van der Waals surface area contributed by atoms with Crippen molar-refractivity contribution in [1.29, 1.82) is 0 Å². The van der Waals surface area contributed by atoms with Crippen molar-refractivity contribution < 1.29 is 0 Å². The third-order valence-electron chi connectivity index (χ3n) is 0. The molecule has 0 aliphatic carbocycles. The van der Waals surface area contributed by atoms with Gasteiger partial charge in [-0.3, -0.25) is 0 Å². The van der Waals surface area contributed by atoms with E-state index < -0.39 is 0 Å². The van der Waals surface area contributed by atoms with Gasteiger partial charge in [0, 0.05) is 0 Å². The predicted octanol–water partition coefficient (Wildman–Crippen LogP) is 9.86. The molecule has 0 fully saturated rings. The van der Waals surface area contributed by atoms with E-state index in [1.807, 2.05) is 0 Å². The molecule has 0 amide bonds. The lowest BCUT2D eigenvalue weighted by atomic mass is 14.0. The lowest BCUT2D eigenvalue weighted by Crippen LogP contribution is -0.481. The van der Waals surface area contributed by atoms with Crippen molar-refractivity contribution in [2.75, 3.05) is 0 Å². The quantitative estimate of drug-likeness (QED) is 0.259. The molecule has 0 spiro atoms. The molecule has 3 N–H and O–H groups in total. The highest BCUT2D eigenvalue weighted by molar-refractivity contribution is 5.88. The van der Waals surface area contributed by atoms with Crippen molar-refractivity contribution in [3.05, 3.63) is 0 Å². The summed E-state index contributed by atoms with van der Waals surface area (Å²) in [5.41, 5.74) is 0. The van der Waals surface area contributed by atoms with Crippen molar-refractivity contribution in [2.45, 2.75) is 0 Å². The van der Waals surface area contributed by atoms with Crippen LogP contribution in [0.4, 0.5) is 0 Å². The molecule has 0 saturated carbocycles. The minimum Gasteiger partial charge on any atom is -0.344 e. The average Bonchev–Trinajstić information content (AvgIpc) is 0. The fourth-order valence-corrected chi connectivity index (χ4v) is 0. The zero-order chi connectivity index (χ0) is 0. The summed E-state index contributed by atoms with van der Waals surface area (Å²) in [6, 6.07) is 0. The standard InChI is InChI=1S/23ClH.H3N/h23*1H;1H3. The minimum absolute atomic E-state index is 0. The van der Waals surface area contributed by atoms with Crippen LogP contribution in [0.1, 0.15) is 0 Å². The molecular weight excluding hydrogens is 829 g/mol. The van der Waals surface area contributed by atoms with Crippen LogP contribution in [-0.2, 0) is 0 Å². The van der Waals surface area contributed by atoms with Crippen molar-refractivity contribution in [3.63, 3.8) is 0 Å². The highest BCUT2D eigenvalue weighted by Crippen LogP contribution is 0.712. The van der Waals surface area contributed by atoms with Gasteiger partial charge in [-0.1, -0.05) is 0 Å². The van der Waals surface area contributed by atoms with Gasteiger partial charge in [0.15, 0.2) is 0 Å². The SMILES string of the molecule is Cl.Cl.Cl.Cl.Cl.Cl.Cl.Cl.Cl.Cl.Cl.Cl.Cl.Cl.Cl.Cl.Cl.Cl.Cl.Cl.Cl.Cl.Cl.N. The van der Waals surface area contributed by atoms with E-state index in [-0.39, 0.29) is 292 Å². The molecule has 1 nitrogen and oxygen atoms in total. The van der Waals surface area contributed by atoms with Crippen LogP contribution < -0.4 is 6.15 Å². The van der Waals surface area contributed by atoms with Gasteiger partial charge in [-0.05, 0) is 0 Å². The molecule has 0 rings (SSSR count). The summed E-state index contributed by atoms with van der Waals surface area (Å²) >= 11 is 0. The molecule has 0 aromatic rings. The molecule has 0 aromatic carbocycles. The fourth-order valence-electron chi connectivity index (χ4n) is 0. The van der Waals surface area contributed by atoms with Crippen molar-refractivity contribution >= 4 is 285 Å². The van der Waals surface area contributed by atoms with E-state index in [1.165, 1.54) is 0 Å². The van der Waals surface area contributed by atoms with Crippen LogP contribution in [0, 0.1) is 0 Å². The molecule has 0 bridgehead atoms. The fraction of sp³-hybridized carbons (Fsp3) is 0. The Morgan fingerprint density at radius 1 is 0.0833 bits per heavy atom. The van der Waals surface area contributed by atoms with E-state index in [1.54, 1.807) is 0 Å². The second-order valence-electron chi connectivity index (χ2n) is 0. The normalized spacial score (nSPS) is 0. The van der Waals surface area contributed by atoms with Crippen LogP contribution in [0.2, 0.25) is 0 Å². The lowest BCUT2D eigenvalue weighted by molar-refractivity contribution is 2.13. The summed E-state index contributed by atoms with van der Waals surface area (Å²) < 4.78 is 0. The lowest BCUT2D eigenvalue weighted by Gasteiger charge is -0.344. The zero-order valence-corrected chi connectivity index (χ0v) is 28.9. The van der Waals surface area contributed by atoms with Crippen LogP contribution in [0.15, 0.2) is 0 Å². The van der Waals surface area contributed by atoms with E-state index in [2.05, 4.69) is 0 Å². The first-order valence-corrected chi connectivity index (χ1v) is 0. The minimum atomic E-state index is 0. The molecule has 0 aliphatic heterocycles. The van der Waals surface area contributed by atoms with Gasteiger partial charge >= 0.3 is 0 Å². The van der Waals surface area contributed by atoms with Crippen LogP contribution in [0.3, 0.4) is 0 Å². The summed E-state index contributed by atoms with van der Waals surface area (Å²) in [6.45, 7) is 0. The molecule has 0 radical (unpaired) electrons. The van der Waals surface area contributed by atoms with Gasteiger partial charge < -0.3 is 6.15 Å². The number of hydrogen-bond donors (Lipinski definition) is 1. The largest absolute Gasteiger partial charge is 0.344 e. The van der Waals surface area contributed by atoms with E-state index >= 15 is 0 Å². The highest BCUT2D eigenvalue weighted by Gasteiger charge is -0.124. The summed E-state index contributed by atoms with van der Waals surface area (Å²) in [7, 11) is 0. The van der Waals surface area contributed by atoms with Gasteiger partial charge in [0.05, 0.1) is 0 Å². The Balaban J connectivity index is 0. The molecule has 24 heteroatoms. The van der Waals surface area contributed by atoms with Crippen LogP contribution in [-0.4, -0.2) is 0 Å². The Bertz CT molecular complexity index is 6.00. The number of hydrogen-bond acceptors (Lipinski definition) is 1. The molecule has 0 atom stereocenters. The van der Waals surface area contributed by atoms with E-state index in [0.717, 1.165) is 0 Å². The maximum Gasteiger partial charge on any atom is -0.147 e. The molecular formula is H26Cl23N. The molecule has 192 valence electrons. The molecule has 24 heavy (non-hydrogen) atoms. The molecule has 0 aromatic heterocycles. The first-order valence-electron chi connectivity index (χ1n) is 0. The summed E-state index contributed by atoms with van der Waals surface area (Å²) in [6.07, 6.45) is 0. The van der Waals surface area contributed by atoms with Gasteiger partial charge in [0.2, 0.25) is 0 Å². The maximum atomic E-state index is 0. The Hall–Kier alpha value is 6.63. The average molecular weight is 856 g/mol. The topological polar surface area (TPSA) is 35.0 Å². The van der Waals surface area contributed by atoms with Gasteiger partial charge in [0.1, 0.15) is 0 Å². The second-order valence-corrected chi connectivity index (χ2v) is 0. The van der Waals surface area contributed by atoms with E-state index in [9.17, 15) is 0 Å². The van der Waals surface area contributed by atoms with Crippen molar-refractivity contribution in [1.82, 2.24) is 6.15 Å². The third kappa shape index (κ3) is 497. The second kappa shape index (κ2) is 553. The summed E-state index contributed by atoms with van der Waals surface area (Å²) in [5, 5.41) is 0. The van der Waals surface area contributed by atoms with Crippen LogP contribution in [0.5, 0.6) is 0 Å². The van der Waals surface area contributed by atoms with Crippen LogP contribution in [0.25, 0.3) is 0 Å². The Labute approximate surface area is 287 Å². The van der Waals surface area contributed by atoms with Crippen molar-refractivity contribution in [2.24, 2.45) is 0 Å². The molecule has 0 unspecified atom stereocenters. The Morgan fingerprint density at radius 3 is 0.0833 bits per heavy atom. The third-order valence-corrected chi connectivity index (χ3v) is 0. The Kier molecular flexibility index (Phi) is 14100. The number of rotatable bonds is 0. The zero-order valence-electron chi connectivity index (χ0n) is 10.1. The van der Waals surface area contributed by atoms with E-state index in [4.69, 9.17) is 0 Å². The monoisotopic (exact) mass is 844 g/mol. The highest BCUT2D eigenvalue weighted by atomic mass is 35.5. The van der Waals surface area contributed by atoms with E-state index in [0.29, 0.717) is 0 Å². The first kappa shape index (κ1) is 612. The van der Waals surface area contributed by atoms with Crippen molar-refractivity contribution in [3.8, 4) is 0 Å². The van der Waals surface area contributed by atoms with Crippen LogP contribution >= 0.6 is 285 Å². The molecule has 0 aliphatic rings. The van der Waals surface area contributed by atoms with Gasteiger partial charge in [0.25, 0.3) is 0 Å².